The molecule has 6 nitrogen and oxygen atoms in total. The van der Waals surface area contributed by atoms with Gasteiger partial charge in [-0.3, -0.25) is 4.79 Å². The Labute approximate surface area is 85.9 Å². The first-order valence-electron chi connectivity index (χ1n) is 4.16. The van der Waals surface area contributed by atoms with Crippen LogP contribution in [0.2, 0.25) is 0 Å². The first-order chi connectivity index (χ1) is 7.04. The van der Waals surface area contributed by atoms with E-state index in [-0.39, 0.29) is 17.9 Å². The van der Waals surface area contributed by atoms with E-state index in [9.17, 15) is 15.1 Å². The van der Waals surface area contributed by atoms with E-state index in [2.05, 4.69) is 4.74 Å². The zero-order chi connectivity index (χ0) is 11.4. The molecule has 0 aliphatic heterocycles. The van der Waals surface area contributed by atoms with Gasteiger partial charge < -0.3 is 15.1 Å². The van der Waals surface area contributed by atoms with E-state index in [1.165, 1.54) is 25.3 Å². The van der Waals surface area contributed by atoms with Crippen LogP contribution in [0.4, 0.5) is 5.69 Å². The zero-order valence-electron chi connectivity index (χ0n) is 8.06. The fraction of sp³-hybridized carbons (Fsp3) is 0.222. The number of methoxy groups -OCH3 is 1. The van der Waals surface area contributed by atoms with Gasteiger partial charge in [0.05, 0.1) is 13.5 Å². The summed E-state index contributed by atoms with van der Waals surface area (Å²) in [5.74, 6) is -0.784. The van der Waals surface area contributed by atoms with E-state index in [1.807, 2.05) is 0 Å². The molecule has 1 aromatic rings. The van der Waals surface area contributed by atoms with Gasteiger partial charge in [0.25, 0.3) is 0 Å². The summed E-state index contributed by atoms with van der Waals surface area (Å²) in [5, 5.41) is 27.3. The van der Waals surface area contributed by atoms with Crippen LogP contribution in [0, 0.1) is 5.21 Å². The number of benzene rings is 1. The molecule has 1 atom stereocenters. The molecule has 0 aromatic heterocycles. The summed E-state index contributed by atoms with van der Waals surface area (Å²) in [5.41, 5.74) is 0.258. The highest BCUT2D eigenvalue weighted by Gasteiger charge is 2.11. The molecule has 0 saturated carbocycles. The van der Waals surface area contributed by atoms with Gasteiger partial charge in [0.2, 0.25) is 5.69 Å². The van der Waals surface area contributed by atoms with Gasteiger partial charge in [0.15, 0.2) is 5.75 Å². The Balaban J connectivity index is 2.92. The van der Waals surface area contributed by atoms with Crippen molar-refractivity contribution < 1.29 is 25.1 Å². The number of carbonyl (C=O) groups excluding carboxylic acids is 1. The number of rotatable bonds is 3. The predicted molar refractivity (Wildman–Crippen MR) is 49.6 cm³/mol. The zero-order valence-corrected chi connectivity index (χ0v) is 8.06. The summed E-state index contributed by atoms with van der Waals surface area (Å²) in [6.45, 7) is 0. The minimum absolute atomic E-state index is 0.0168. The minimum atomic E-state index is -1.24. The number of hydrogen-bond acceptors (Lipinski definition) is 5. The number of quaternary nitrogens is 1. The molecule has 0 aliphatic carbocycles. The lowest BCUT2D eigenvalue weighted by molar-refractivity contribution is -0.991. The molecule has 3 N–H and O–H groups in total. The number of phenolic OH excluding ortho intramolecular Hbond substituents is 1. The first-order valence-corrected chi connectivity index (χ1v) is 4.16. The Bertz CT molecular complexity index is 364. The van der Waals surface area contributed by atoms with Crippen LogP contribution >= 0.6 is 0 Å². The van der Waals surface area contributed by atoms with Crippen molar-refractivity contribution in [3.8, 4) is 5.75 Å². The number of phenols is 1. The smallest absolute Gasteiger partial charge is 0.309 e. The van der Waals surface area contributed by atoms with E-state index in [1.54, 1.807) is 0 Å². The topological polar surface area (TPSA) is 94.3 Å². The predicted octanol–water partition coefficient (Wildman–Crippen LogP) is -0.489. The van der Waals surface area contributed by atoms with Crippen molar-refractivity contribution in [1.82, 2.24) is 0 Å². The van der Waals surface area contributed by atoms with Gasteiger partial charge in [-0.05, 0) is 11.6 Å². The van der Waals surface area contributed by atoms with Crippen molar-refractivity contribution in [2.45, 2.75) is 6.42 Å². The molecule has 1 rings (SSSR count). The number of nitrogens with one attached hydrogen (secondary N) is 1. The third-order valence-electron chi connectivity index (χ3n) is 1.87. The van der Waals surface area contributed by atoms with E-state index >= 15 is 0 Å². The van der Waals surface area contributed by atoms with Gasteiger partial charge in [-0.1, -0.05) is 6.07 Å². The molecular formula is C9H11NO5. The number of aromatic hydroxyl groups is 1. The fourth-order valence-corrected chi connectivity index (χ4v) is 1.10. The minimum Gasteiger partial charge on any atom is -0.595 e. The lowest BCUT2D eigenvalue weighted by Gasteiger charge is -2.13. The maximum Gasteiger partial charge on any atom is 0.309 e. The van der Waals surface area contributed by atoms with E-state index < -0.39 is 11.2 Å². The summed E-state index contributed by atoms with van der Waals surface area (Å²) in [6.07, 6.45) is -0.0168. The van der Waals surface area contributed by atoms with Crippen LogP contribution in [-0.4, -0.2) is 23.4 Å². The Hall–Kier alpha value is -1.63. The van der Waals surface area contributed by atoms with Crippen LogP contribution in [0.1, 0.15) is 5.56 Å². The molecule has 0 spiro atoms. The monoisotopic (exact) mass is 213 g/mol. The van der Waals surface area contributed by atoms with E-state index in [4.69, 9.17) is 5.21 Å². The molecule has 0 saturated heterocycles. The van der Waals surface area contributed by atoms with Crippen LogP contribution in [0.15, 0.2) is 18.2 Å². The van der Waals surface area contributed by atoms with Crippen LogP contribution in [-0.2, 0) is 16.0 Å². The molecule has 82 valence electrons. The van der Waals surface area contributed by atoms with Crippen molar-refractivity contribution >= 4 is 11.7 Å². The second kappa shape index (κ2) is 4.74. The SMILES string of the molecule is COC(=O)Cc1ccc(O)c([NH+]([O-])O)c1. The highest BCUT2D eigenvalue weighted by atomic mass is 16.8. The Kier molecular flexibility index (Phi) is 3.62. The lowest BCUT2D eigenvalue weighted by atomic mass is 10.1. The molecule has 1 unspecified atom stereocenters. The van der Waals surface area contributed by atoms with Crippen molar-refractivity contribution in [3.05, 3.63) is 29.0 Å². The van der Waals surface area contributed by atoms with Crippen molar-refractivity contribution in [3.63, 3.8) is 0 Å². The quantitative estimate of drug-likeness (QED) is 0.358. The van der Waals surface area contributed by atoms with Gasteiger partial charge in [-0.15, -0.1) is 0 Å². The standard InChI is InChI=1S/C9H11NO5/c1-15-9(12)5-6-2-3-8(11)7(4-6)10(13)14/h2-4,10-11,13H,5H2,1H3. The average molecular weight is 213 g/mol. The second-order valence-corrected chi connectivity index (χ2v) is 2.91. The van der Waals surface area contributed by atoms with Gasteiger partial charge >= 0.3 is 5.97 Å². The van der Waals surface area contributed by atoms with Gasteiger partial charge in [0, 0.05) is 6.07 Å². The largest absolute Gasteiger partial charge is 0.595 e. The molecular weight excluding hydrogens is 202 g/mol. The Morgan fingerprint density at radius 3 is 2.80 bits per heavy atom. The highest BCUT2D eigenvalue weighted by Crippen LogP contribution is 2.20. The van der Waals surface area contributed by atoms with Crippen LogP contribution in [0.25, 0.3) is 0 Å². The van der Waals surface area contributed by atoms with E-state index in [0.29, 0.717) is 5.56 Å². The fourth-order valence-electron chi connectivity index (χ4n) is 1.10. The summed E-state index contributed by atoms with van der Waals surface area (Å²) >= 11 is 0. The van der Waals surface area contributed by atoms with E-state index in [0.717, 1.165) is 0 Å². The normalized spacial score (nSPS) is 12.2. The Morgan fingerprint density at radius 1 is 1.60 bits per heavy atom. The Morgan fingerprint density at radius 2 is 2.27 bits per heavy atom. The van der Waals surface area contributed by atoms with Crippen LogP contribution in [0.3, 0.4) is 0 Å². The van der Waals surface area contributed by atoms with Gasteiger partial charge in [-0.2, -0.15) is 5.23 Å². The van der Waals surface area contributed by atoms with Crippen molar-refractivity contribution in [2.24, 2.45) is 0 Å². The lowest BCUT2D eigenvalue weighted by Crippen LogP contribution is -2.99. The number of ether oxygens (including phenoxy) is 1. The van der Waals surface area contributed by atoms with Gasteiger partial charge in [-0.25, -0.2) is 5.21 Å². The van der Waals surface area contributed by atoms with Gasteiger partial charge in [0.1, 0.15) is 0 Å². The molecule has 0 amide bonds. The molecule has 0 bridgehead atoms. The summed E-state index contributed by atoms with van der Waals surface area (Å²) in [7, 11) is 1.25. The third-order valence-corrected chi connectivity index (χ3v) is 1.87. The number of hydrogen-bond donors (Lipinski definition) is 3. The number of carbonyl (C=O) groups is 1. The molecule has 15 heavy (non-hydrogen) atoms. The maximum atomic E-state index is 10.9. The average Bonchev–Trinajstić information content (AvgIpc) is 2.20. The molecule has 0 aliphatic rings. The van der Waals surface area contributed by atoms with Crippen molar-refractivity contribution in [2.75, 3.05) is 7.11 Å². The summed E-state index contributed by atoms with van der Waals surface area (Å²) in [4.78, 5) is 10.9. The summed E-state index contributed by atoms with van der Waals surface area (Å²) < 4.78 is 4.44. The van der Waals surface area contributed by atoms with Crippen molar-refractivity contribution in [1.29, 1.82) is 0 Å². The maximum absolute atomic E-state index is 10.9. The second-order valence-electron chi connectivity index (χ2n) is 2.91. The third kappa shape index (κ3) is 2.91. The summed E-state index contributed by atoms with van der Waals surface area (Å²) in [6, 6.07) is 3.95. The highest BCUT2D eigenvalue weighted by molar-refractivity contribution is 5.72. The molecule has 0 radical (unpaired) electrons. The number of esters is 1. The van der Waals surface area contributed by atoms with Crippen LogP contribution < -0.4 is 5.23 Å². The molecule has 0 heterocycles. The first kappa shape index (κ1) is 11.4. The molecule has 6 heteroatoms. The molecule has 1 aromatic carbocycles. The van der Waals surface area contributed by atoms with Crippen LogP contribution in [0.5, 0.6) is 5.75 Å². The molecule has 0 fully saturated rings.